The number of amides is 1. The van der Waals surface area contributed by atoms with Crippen LogP contribution in [-0.4, -0.2) is 45.9 Å². The number of nitrogens with zero attached hydrogens (tertiary/aromatic N) is 1. The molecular formula is C20H22BrFN2O5S. The molecule has 0 unspecified atom stereocenters. The number of hydrogen-bond donors (Lipinski definition) is 1. The van der Waals surface area contributed by atoms with Crippen molar-refractivity contribution in [1.29, 1.82) is 0 Å². The summed E-state index contributed by atoms with van der Waals surface area (Å²) in [7, 11) is -0.941. The molecule has 1 N–H and O–H groups in total. The van der Waals surface area contributed by atoms with E-state index < -0.39 is 27.7 Å². The van der Waals surface area contributed by atoms with E-state index in [0.717, 1.165) is 0 Å². The lowest BCUT2D eigenvalue weighted by atomic mass is 9.98. The lowest BCUT2D eigenvalue weighted by Crippen LogP contribution is -2.43. The predicted molar refractivity (Wildman–Crippen MR) is 114 cm³/mol. The fourth-order valence-electron chi connectivity index (χ4n) is 3.33. The molecule has 1 heterocycles. The normalized spacial score (nSPS) is 17.4. The van der Waals surface area contributed by atoms with Crippen LogP contribution < -0.4 is 14.8 Å². The topological polar surface area (TPSA) is 84.9 Å². The van der Waals surface area contributed by atoms with Crippen molar-refractivity contribution in [2.45, 2.75) is 17.7 Å². The highest BCUT2D eigenvalue weighted by atomic mass is 79.9. The van der Waals surface area contributed by atoms with Gasteiger partial charge in [0, 0.05) is 23.6 Å². The summed E-state index contributed by atoms with van der Waals surface area (Å²) in [4.78, 5) is 12.7. The highest BCUT2D eigenvalue weighted by Gasteiger charge is 2.34. The summed E-state index contributed by atoms with van der Waals surface area (Å²) in [6.07, 6.45) is 1.04. The SMILES string of the molecule is COc1ccc(S(=O)(=O)N2CCC[C@@H](C(=O)Nc3ccc(Br)cc3F)C2)cc1OC. The van der Waals surface area contributed by atoms with Crippen LogP contribution in [0.1, 0.15) is 12.8 Å². The third kappa shape index (κ3) is 4.76. The van der Waals surface area contributed by atoms with E-state index in [2.05, 4.69) is 21.2 Å². The molecule has 7 nitrogen and oxygen atoms in total. The van der Waals surface area contributed by atoms with Gasteiger partial charge in [0.15, 0.2) is 11.5 Å². The van der Waals surface area contributed by atoms with Gasteiger partial charge in [-0.05, 0) is 43.2 Å². The summed E-state index contributed by atoms with van der Waals surface area (Å²) in [6, 6.07) is 8.69. The first-order valence-electron chi connectivity index (χ1n) is 9.24. The van der Waals surface area contributed by atoms with Crippen LogP contribution in [0.15, 0.2) is 45.8 Å². The second-order valence-corrected chi connectivity index (χ2v) is 9.69. The van der Waals surface area contributed by atoms with E-state index in [9.17, 15) is 17.6 Å². The highest BCUT2D eigenvalue weighted by Crippen LogP contribution is 2.32. The predicted octanol–water partition coefficient (Wildman–Crippen LogP) is 3.64. The molecule has 0 saturated carbocycles. The minimum absolute atomic E-state index is 0.0145. The van der Waals surface area contributed by atoms with Crippen molar-refractivity contribution in [3.8, 4) is 11.5 Å². The minimum Gasteiger partial charge on any atom is -0.493 e. The maximum absolute atomic E-state index is 14.0. The van der Waals surface area contributed by atoms with E-state index in [4.69, 9.17) is 9.47 Å². The first-order valence-corrected chi connectivity index (χ1v) is 11.5. The molecule has 0 aromatic heterocycles. The number of carbonyl (C=O) groups is 1. The van der Waals surface area contributed by atoms with Crippen molar-refractivity contribution in [2.24, 2.45) is 5.92 Å². The molecule has 1 aliphatic rings. The fraction of sp³-hybridized carbons (Fsp3) is 0.350. The molecule has 10 heteroatoms. The van der Waals surface area contributed by atoms with E-state index in [1.807, 2.05) is 0 Å². The van der Waals surface area contributed by atoms with Gasteiger partial charge in [-0.2, -0.15) is 4.31 Å². The van der Waals surface area contributed by atoms with Crippen molar-refractivity contribution >= 4 is 37.5 Å². The van der Waals surface area contributed by atoms with E-state index >= 15 is 0 Å². The third-order valence-corrected chi connectivity index (χ3v) is 7.29. The van der Waals surface area contributed by atoms with E-state index in [-0.39, 0.29) is 17.1 Å². The molecule has 1 aliphatic heterocycles. The van der Waals surface area contributed by atoms with Gasteiger partial charge < -0.3 is 14.8 Å². The van der Waals surface area contributed by atoms with Crippen LogP contribution in [0.25, 0.3) is 0 Å². The molecule has 1 atom stereocenters. The molecule has 1 amide bonds. The van der Waals surface area contributed by atoms with Gasteiger partial charge in [-0.3, -0.25) is 4.79 Å². The Hall–Kier alpha value is -2.17. The van der Waals surface area contributed by atoms with Crippen LogP contribution in [0.3, 0.4) is 0 Å². The number of piperidine rings is 1. The Balaban J connectivity index is 1.77. The summed E-state index contributed by atoms with van der Waals surface area (Å²) < 4.78 is 52.4. The third-order valence-electron chi connectivity index (χ3n) is 4.94. The number of rotatable bonds is 6. The molecule has 2 aromatic rings. The molecule has 0 radical (unpaired) electrons. The van der Waals surface area contributed by atoms with Gasteiger partial charge in [-0.25, -0.2) is 12.8 Å². The molecule has 1 saturated heterocycles. The molecule has 2 aromatic carbocycles. The highest BCUT2D eigenvalue weighted by molar-refractivity contribution is 9.10. The quantitative estimate of drug-likeness (QED) is 0.654. The maximum Gasteiger partial charge on any atom is 0.243 e. The zero-order chi connectivity index (χ0) is 21.9. The maximum atomic E-state index is 14.0. The standard InChI is InChI=1S/C20H22BrFN2O5S/c1-28-18-8-6-15(11-19(18)29-2)30(26,27)24-9-3-4-13(12-24)20(25)23-17-7-5-14(21)10-16(17)22/h5-8,10-11,13H,3-4,9,12H2,1-2H3,(H,23,25)/t13-/m1/s1. The molecule has 0 aliphatic carbocycles. The van der Waals surface area contributed by atoms with Crippen LogP contribution in [-0.2, 0) is 14.8 Å². The second-order valence-electron chi connectivity index (χ2n) is 6.83. The Morgan fingerprint density at radius 1 is 1.17 bits per heavy atom. The number of benzene rings is 2. The molecular weight excluding hydrogens is 479 g/mol. The Morgan fingerprint density at radius 3 is 2.57 bits per heavy atom. The number of anilines is 1. The van der Waals surface area contributed by atoms with Gasteiger partial charge in [0.1, 0.15) is 5.82 Å². The average molecular weight is 501 g/mol. The summed E-state index contributed by atoms with van der Waals surface area (Å²) in [6.45, 7) is 0.313. The lowest BCUT2D eigenvalue weighted by Gasteiger charge is -2.31. The summed E-state index contributed by atoms with van der Waals surface area (Å²) >= 11 is 3.17. The van der Waals surface area contributed by atoms with Gasteiger partial charge in [-0.15, -0.1) is 0 Å². The van der Waals surface area contributed by atoms with E-state index in [1.165, 1.54) is 48.9 Å². The van der Waals surface area contributed by atoms with Crippen molar-refractivity contribution in [1.82, 2.24) is 4.31 Å². The number of methoxy groups -OCH3 is 2. The van der Waals surface area contributed by atoms with Gasteiger partial charge in [0.2, 0.25) is 15.9 Å². The average Bonchev–Trinajstić information content (AvgIpc) is 2.75. The van der Waals surface area contributed by atoms with Crippen molar-refractivity contribution in [3.05, 3.63) is 46.7 Å². The van der Waals surface area contributed by atoms with Crippen molar-refractivity contribution < 1.29 is 27.1 Å². The Kier molecular flexibility index (Phi) is 6.99. The number of hydrogen-bond acceptors (Lipinski definition) is 5. The summed E-state index contributed by atoms with van der Waals surface area (Å²) in [5.41, 5.74) is 0.0584. The number of sulfonamides is 1. The van der Waals surface area contributed by atoms with Gasteiger partial charge in [0.05, 0.1) is 30.7 Å². The smallest absolute Gasteiger partial charge is 0.243 e. The number of ether oxygens (including phenoxy) is 2. The van der Waals surface area contributed by atoms with Crippen LogP contribution in [0.2, 0.25) is 0 Å². The lowest BCUT2D eigenvalue weighted by molar-refractivity contribution is -0.120. The Bertz CT molecular complexity index is 1050. The zero-order valence-electron chi connectivity index (χ0n) is 16.5. The van der Waals surface area contributed by atoms with Crippen LogP contribution in [0.5, 0.6) is 11.5 Å². The van der Waals surface area contributed by atoms with Gasteiger partial charge in [0.25, 0.3) is 0 Å². The number of carbonyl (C=O) groups excluding carboxylic acids is 1. The minimum atomic E-state index is -3.84. The van der Waals surface area contributed by atoms with E-state index in [0.29, 0.717) is 35.4 Å². The second kappa shape index (κ2) is 9.32. The Morgan fingerprint density at radius 2 is 1.90 bits per heavy atom. The molecule has 30 heavy (non-hydrogen) atoms. The molecule has 1 fully saturated rings. The largest absolute Gasteiger partial charge is 0.493 e. The Labute approximate surface area is 183 Å². The number of nitrogens with one attached hydrogen (secondary N) is 1. The summed E-state index contributed by atoms with van der Waals surface area (Å²) in [5.74, 6) is -0.844. The monoisotopic (exact) mass is 500 g/mol. The van der Waals surface area contributed by atoms with Crippen LogP contribution >= 0.6 is 15.9 Å². The van der Waals surface area contributed by atoms with Crippen LogP contribution in [0, 0.1) is 11.7 Å². The molecule has 162 valence electrons. The van der Waals surface area contributed by atoms with Crippen LogP contribution in [0.4, 0.5) is 10.1 Å². The van der Waals surface area contributed by atoms with Gasteiger partial charge >= 0.3 is 0 Å². The summed E-state index contributed by atoms with van der Waals surface area (Å²) in [5, 5.41) is 2.56. The van der Waals surface area contributed by atoms with Gasteiger partial charge in [-0.1, -0.05) is 15.9 Å². The molecule has 0 bridgehead atoms. The van der Waals surface area contributed by atoms with Crippen molar-refractivity contribution in [3.63, 3.8) is 0 Å². The first kappa shape index (κ1) is 22.5. The van der Waals surface area contributed by atoms with E-state index in [1.54, 1.807) is 6.07 Å². The van der Waals surface area contributed by atoms with Crippen molar-refractivity contribution in [2.75, 3.05) is 32.6 Å². The zero-order valence-corrected chi connectivity index (χ0v) is 18.9. The number of halogens is 2. The molecule has 3 rings (SSSR count). The molecule has 0 spiro atoms. The fourth-order valence-corrected chi connectivity index (χ4v) is 5.20. The first-order chi connectivity index (χ1) is 14.3.